The molecule has 0 bridgehead atoms. The first kappa shape index (κ1) is 17.9. The van der Waals surface area contributed by atoms with Crippen molar-refractivity contribution in [3.05, 3.63) is 16.3 Å². The Balaban J connectivity index is 2.61. The molecule has 1 aromatic heterocycles. The van der Waals surface area contributed by atoms with Gasteiger partial charge in [0.2, 0.25) is 0 Å². The molecule has 0 radical (unpaired) electrons. The number of carbonyl (C=O) groups is 1. The second-order valence-electron chi connectivity index (χ2n) is 5.81. The molecule has 0 aliphatic carbocycles. The third-order valence-corrected chi connectivity index (χ3v) is 4.16. The number of nitrogens with two attached hydrogens (primary N) is 1. The summed E-state index contributed by atoms with van der Waals surface area (Å²) in [5.41, 5.74) is 6.47. The Hall–Kier alpha value is -1.11. The maximum Gasteiger partial charge on any atom is 0.266 e. The van der Waals surface area contributed by atoms with Crippen molar-refractivity contribution in [2.45, 2.75) is 12.8 Å². The minimum absolute atomic E-state index is 0.0695. The van der Waals surface area contributed by atoms with Gasteiger partial charge in [-0.1, -0.05) is 0 Å². The Morgan fingerprint density at radius 2 is 1.57 bits per heavy atom. The van der Waals surface area contributed by atoms with E-state index in [0.29, 0.717) is 10.6 Å². The number of amides is 1. The maximum atomic E-state index is 12.6. The lowest BCUT2D eigenvalue weighted by Gasteiger charge is -2.24. The molecule has 21 heavy (non-hydrogen) atoms. The minimum Gasteiger partial charge on any atom is -0.397 e. The van der Waals surface area contributed by atoms with Crippen LogP contribution in [-0.4, -0.2) is 75.0 Å². The molecule has 0 aliphatic rings. The van der Waals surface area contributed by atoms with Crippen LogP contribution < -0.4 is 5.73 Å². The predicted octanol–water partition coefficient (Wildman–Crippen LogP) is 1.68. The van der Waals surface area contributed by atoms with E-state index in [-0.39, 0.29) is 5.91 Å². The van der Waals surface area contributed by atoms with Gasteiger partial charge in [-0.15, -0.1) is 11.3 Å². The van der Waals surface area contributed by atoms with E-state index >= 15 is 0 Å². The van der Waals surface area contributed by atoms with Crippen molar-refractivity contribution in [3.63, 3.8) is 0 Å². The lowest BCUT2D eigenvalue weighted by atomic mass is 10.2. The molecule has 1 amide bonds. The molecular formula is C15H28N4OS. The second-order valence-corrected chi connectivity index (χ2v) is 6.73. The predicted molar refractivity (Wildman–Crippen MR) is 91.0 cm³/mol. The molecule has 2 N–H and O–H groups in total. The molecule has 1 aromatic rings. The van der Waals surface area contributed by atoms with Crippen molar-refractivity contribution < 1.29 is 4.79 Å². The molecule has 0 spiro atoms. The summed E-state index contributed by atoms with van der Waals surface area (Å²) >= 11 is 1.43. The zero-order valence-electron chi connectivity index (χ0n) is 13.6. The van der Waals surface area contributed by atoms with Gasteiger partial charge in [-0.2, -0.15) is 0 Å². The van der Waals surface area contributed by atoms with Gasteiger partial charge in [0.25, 0.3) is 5.91 Å². The largest absolute Gasteiger partial charge is 0.397 e. The highest BCUT2D eigenvalue weighted by molar-refractivity contribution is 7.12. The molecule has 0 saturated heterocycles. The number of thiophene rings is 1. The topological polar surface area (TPSA) is 52.8 Å². The van der Waals surface area contributed by atoms with Crippen molar-refractivity contribution in [3.8, 4) is 0 Å². The Morgan fingerprint density at radius 3 is 1.95 bits per heavy atom. The molecule has 6 heteroatoms. The highest BCUT2D eigenvalue weighted by Gasteiger charge is 2.18. The summed E-state index contributed by atoms with van der Waals surface area (Å²) in [5, 5.41) is 1.88. The Morgan fingerprint density at radius 1 is 1.05 bits per heavy atom. The molecule has 0 aliphatic heterocycles. The van der Waals surface area contributed by atoms with E-state index in [9.17, 15) is 4.79 Å². The van der Waals surface area contributed by atoms with Gasteiger partial charge >= 0.3 is 0 Å². The standard InChI is InChI=1S/C15H28N4OS/c1-17(2)8-5-10-19(11-6-9-18(3)4)15(20)14-13(16)7-12-21-14/h7,12H,5-6,8-11,16H2,1-4H3. The van der Waals surface area contributed by atoms with Gasteiger partial charge in [-0.3, -0.25) is 4.79 Å². The van der Waals surface area contributed by atoms with Crippen LogP contribution in [0.3, 0.4) is 0 Å². The van der Waals surface area contributed by atoms with E-state index in [0.717, 1.165) is 39.0 Å². The molecule has 0 aromatic carbocycles. The monoisotopic (exact) mass is 312 g/mol. The summed E-state index contributed by atoms with van der Waals surface area (Å²) in [7, 11) is 8.20. The van der Waals surface area contributed by atoms with Crippen LogP contribution in [0.2, 0.25) is 0 Å². The highest BCUT2D eigenvalue weighted by atomic mass is 32.1. The number of hydrogen-bond acceptors (Lipinski definition) is 5. The fraction of sp³-hybridized carbons (Fsp3) is 0.667. The van der Waals surface area contributed by atoms with E-state index in [1.165, 1.54) is 11.3 Å². The Labute approximate surface area is 132 Å². The maximum absolute atomic E-state index is 12.6. The third kappa shape index (κ3) is 6.46. The molecule has 0 fully saturated rings. The average molecular weight is 312 g/mol. The quantitative estimate of drug-likeness (QED) is 0.754. The number of carbonyl (C=O) groups excluding carboxylic acids is 1. The van der Waals surface area contributed by atoms with Gasteiger partial charge < -0.3 is 20.4 Å². The van der Waals surface area contributed by atoms with E-state index in [1.807, 2.05) is 10.3 Å². The summed E-state index contributed by atoms with van der Waals surface area (Å²) in [6, 6.07) is 1.80. The van der Waals surface area contributed by atoms with Crippen molar-refractivity contribution in [2.75, 3.05) is 60.1 Å². The number of nitrogen functional groups attached to an aromatic ring is 1. The SMILES string of the molecule is CN(C)CCCN(CCCN(C)C)C(=O)c1sccc1N. The van der Waals surface area contributed by atoms with Gasteiger partial charge in [0.15, 0.2) is 0 Å². The van der Waals surface area contributed by atoms with Crippen LogP contribution in [0.5, 0.6) is 0 Å². The first-order valence-corrected chi connectivity index (χ1v) is 8.21. The molecule has 5 nitrogen and oxygen atoms in total. The molecule has 0 atom stereocenters. The number of anilines is 1. The van der Waals surface area contributed by atoms with Crippen LogP contribution in [0.1, 0.15) is 22.5 Å². The lowest BCUT2D eigenvalue weighted by molar-refractivity contribution is 0.0750. The molecule has 1 heterocycles. The molecule has 0 unspecified atom stereocenters. The average Bonchev–Trinajstić information content (AvgIpc) is 2.81. The molecule has 1 rings (SSSR count). The van der Waals surface area contributed by atoms with Gasteiger partial charge in [-0.25, -0.2) is 0 Å². The van der Waals surface area contributed by atoms with Gasteiger partial charge in [0.05, 0.1) is 5.69 Å². The second kappa shape index (κ2) is 9.02. The van der Waals surface area contributed by atoms with Crippen LogP contribution in [0.4, 0.5) is 5.69 Å². The summed E-state index contributed by atoms with van der Waals surface area (Å²) < 4.78 is 0. The molecule has 120 valence electrons. The summed E-state index contributed by atoms with van der Waals surface area (Å²) in [5.74, 6) is 0.0695. The van der Waals surface area contributed by atoms with Crippen molar-refractivity contribution >= 4 is 22.9 Å². The van der Waals surface area contributed by atoms with Crippen LogP contribution in [-0.2, 0) is 0 Å². The minimum atomic E-state index is 0.0695. The van der Waals surface area contributed by atoms with E-state index < -0.39 is 0 Å². The summed E-state index contributed by atoms with van der Waals surface area (Å²) in [6.07, 6.45) is 1.96. The van der Waals surface area contributed by atoms with Gasteiger partial charge in [-0.05, 0) is 65.6 Å². The first-order chi connectivity index (χ1) is 9.91. The first-order valence-electron chi connectivity index (χ1n) is 7.33. The van der Waals surface area contributed by atoms with E-state index in [2.05, 4.69) is 38.0 Å². The van der Waals surface area contributed by atoms with E-state index in [1.54, 1.807) is 6.07 Å². The van der Waals surface area contributed by atoms with Gasteiger partial charge in [0, 0.05) is 13.1 Å². The van der Waals surface area contributed by atoms with Crippen LogP contribution >= 0.6 is 11.3 Å². The van der Waals surface area contributed by atoms with Crippen molar-refractivity contribution in [1.82, 2.24) is 14.7 Å². The fourth-order valence-corrected chi connectivity index (χ4v) is 2.89. The molecule has 0 saturated carbocycles. The normalized spacial score (nSPS) is 11.3. The van der Waals surface area contributed by atoms with Crippen LogP contribution in [0, 0.1) is 0 Å². The van der Waals surface area contributed by atoms with Crippen molar-refractivity contribution in [1.29, 1.82) is 0 Å². The van der Waals surface area contributed by atoms with Crippen LogP contribution in [0.15, 0.2) is 11.4 Å². The third-order valence-electron chi connectivity index (χ3n) is 3.24. The number of rotatable bonds is 9. The van der Waals surface area contributed by atoms with Crippen LogP contribution in [0.25, 0.3) is 0 Å². The van der Waals surface area contributed by atoms with Gasteiger partial charge in [0.1, 0.15) is 4.88 Å². The smallest absolute Gasteiger partial charge is 0.266 e. The Kier molecular flexibility index (Phi) is 7.71. The fourth-order valence-electron chi connectivity index (χ4n) is 2.11. The zero-order chi connectivity index (χ0) is 15.8. The highest BCUT2D eigenvalue weighted by Crippen LogP contribution is 2.21. The number of nitrogens with zero attached hydrogens (tertiary/aromatic N) is 3. The lowest BCUT2D eigenvalue weighted by Crippen LogP contribution is -2.35. The molecular weight excluding hydrogens is 284 g/mol. The summed E-state index contributed by atoms with van der Waals surface area (Å²) in [4.78, 5) is 19.5. The van der Waals surface area contributed by atoms with Crippen molar-refractivity contribution in [2.24, 2.45) is 0 Å². The summed E-state index contributed by atoms with van der Waals surface area (Å²) in [6.45, 7) is 3.53. The Bertz CT molecular complexity index is 417. The van der Waals surface area contributed by atoms with E-state index in [4.69, 9.17) is 5.73 Å². The number of hydrogen-bond donors (Lipinski definition) is 1. The zero-order valence-corrected chi connectivity index (χ0v) is 14.4.